The zero-order chi connectivity index (χ0) is 13.0. The minimum Gasteiger partial charge on any atom is -0.596 e. The molecule has 3 rings (SSSR count). The number of carbonyl (C=O) groups is 2. The summed E-state index contributed by atoms with van der Waals surface area (Å²) in [4.78, 5) is 23.1. The average molecular weight is 249 g/mol. The first kappa shape index (κ1) is 11.1. The molecule has 0 amide bonds. The van der Waals surface area contributed by atoms with Crippen LogP contribution < -0.4 is 5.46 Å². The molecule has 0 saturated carbocycles. The van der Waals surface area contributed by atoms with Gasteiger partial charge in [0.15, 0.2) is 0 Å². The van der Waals surface area contributed by atoms with Crippen LogP contribution in [0.5, 0.6) is 5.75 Å². The van der Waals surface area contributed by atoms with Crippen LogP contribution in [0.2, 0.25) is 0 Å². The molecule has 18 heavy (non-hydrogen) atoms. The number of nitrogens with zero attached hydrogens (tertiary/aromatic N) is 1. The summed E-state index contributed by atoms with van der Waals surface area (Å²) in [6, 6.07) is 6.29. The Hall–Kier alpha value is -2.02. The summed E-state index contributed by atoms with van der Waals surface area (Å²) in [6.07, 6.45) is 0. The first-order valence-electron chi connectivity index (χ1n) is 5.67. The van der Waals surface area contributed by atoms with Gasteiger partial charge in [-0.3, -0.25) is 9.59 Å². The van der Waals surface area contributed by atoms with E-state index in [4.69, 9.17) is 9.31 Å². The summed E-state index contributed by atoms with van der Waals surface area (Å²) in [7, 11) is 1.75. The van der Waals surface area contributed by atoms with Crippen molar-refractivity contribution in [2.45, 2.75) is 0 Å². The molecule has 2 aliphatic heterocycles. The first-order chi connectivity index (χ1) is 8.45. The second-order valence-electron chi connectivity index (χ2n) is 5.04. The van der Waals surface area contributed by atoms with Gasteiger partial charge in [0.1, 0.15) is 18.8 Å². The molecule has 0 radical (unpaired) electrons. The van der Waals surface area contributed by atoms with Crippen LogP contribution in [0.1, 0.15) is 0 Å². The van der Waals surface area contributed by atoms with Gasteiger partial charge in [-0.2, -0.15) is 0 Å². The standard InChI is InChI=1S/C11H12BNO5/c1-13-6-10(15)17-12(13,18-11(16)7-13)8-3-2-4-9(14)5-8/h2-5,14H,6-7H2,1H3. The maximum absolute atomic E-state index is 11.6. The lowest BCUT2D eigenvalue weighted by atomic mass is 9.61. The highest BCUT2D eigenvalue weighted by atomic mass is 16.7. The van der Waals surface area contributed by atoms with Crippen LogP contribution in [0.3, 0.4) is 0 Å². The number of aromatic hydroxyl groups is 1. The second kappa shape index (κ2) is 3.26. The third-order valence-electron chi connectivity index (χ3n) is 3.68. The maximum atomic E-state index is 11.6. The molecule has 0 spiro atoms. The molecule has 1 aromatic rings. The van der Waals surface area contributed by atoms with E-state index in [0.717, 1.165) is 0 Å². The van der Waals surface area contributed by atoms with E-state index in [9.17, 15) is 14.7 Å². The van der Waals surface area contributed by atoms with Crippen molar-refractivity contribution in [3.63, 3.8) is 0 Å². The van der Waals surface area contributed by atoms with E-state index in [2.05, 4.69) is 0 Å². The number of benzene rings is 1. The molecule has 0 unspecified atom stereocenters. The Balaban J connectivity index is 2.17. The van der Waals surface area contributed by atoms with Crippen LogP contribution in [-0.4, -0.2) is 48.3 Å². The lowest BCUT2D eigenvalue weighted by Crippen LogP contribution is -2.67. The maximum Gasteiger partial charge on any atom is 0.614 e. The first-order valence-corrected chi connectivity index (χ1v) is 5.67. The van der Waals surface area contributed by atoms with Gasteiger partial charge in [0.05, 0.1) is 0 Å². The lowest BCUT2D eigenvalue weighted by molar-refractivity contribution is -0.791. The molecule has 6 nitrogen and oxygen atoms in total. The van der Waals surface area contributed by atoms with Crippen LogP contribution in [-0.2, 0) is 18.9 Å². The zero-order valence-corrected chi connectivity index (χ0v) is 9.83. The van der Waals surface area contributed by atoms with Crippen molar-refractivity contribution in [3.05, 3.63) is 24.3 Å². The summed E-state index contributed by atoms with van der Waals surface area (Å²) in [5.41, 5.74) is 0.522. The largest absolute Gasteiger partial charge is 0.614 e. The van der Waals surface area contributed by atoms with E-state index in [0.29, 0.717) is 5.46 Å². The number of carbonyl (C=O) groups excluding carboxylic acids is 2. The van der Waals surface area contributed by atoms with Crippen molar-refractivity contribution < 1.29 is 28.4 Å². The molecular formula is C11H12BNO5. The van der Waals surface area contributed by atoms with Crippen LogP contribution in [0, 0.1) is 0 Å². The van der Waals surface area contributed by atoms with Gasteiger partial charge in [0.25, 0.3) is 0 Å². The number of phenols is 1. The predicted octanol–water partition coefficient (Wildman–Crippen LogP) is -0.902. The molecule has 0 aromatic heterocycles. The summed E-state index contributed by atoms with van der Waals surface area (Å²) >= 11 is 0. The Morgan fingerprint density at radius 2 is 1.83 bits per heavy atom. The summed E-state index contributed by atoms with van der Waals surface area (Å²) in [5, 5.41) is 9.53. The molecule has 0 bridgehead atoms. The van der Waals surface area contributed by atoms with E-state index in [-0.39, 0.29) is 23.2 Å². The number of hydrogen-bond donors (Lipinski definition) is 1. The Morgan fingerprint density at radius 3 is 2.39 bits per heavy atom. The van der Waals surface area contributed by atoms with Crippen LogP contribution >= 0.6 is 0 Å². The Labute approximate surface area is 103 Å². The molecule has 0 aliphatic carbocycles. The van der Waals surface area contributed by atoms with E-state index < -0.39 is 18.6 Å². The van der Waals surface area contributed by atoms with E-state index in [1.165, 1.54) is 12.1 Å². The van der Waals surface area contributed by atoms with Crippen molar-refractivity contribution in [1.29, 1.82) is 0 Å². The fourth-order valence-corrected chi connectivity index (χ4v) is 2.84. The van der Waals surface area contributed by atoms with Gasteiger partial charge in [-0.15, -0.1) is 0 Å². The topological polar surface area (TPSA) is 72.8 Å². The molecule has 0 atom stereocenters. The molecule has 94 valence electrons. The fourth-order valence-electron chi connectivity index (χ4n) is 2.84. The van der Waals surface area contributed by atoms with Crippen molar-refractivity contribution in [2.24, 2.45) is 0 Å². The Morgan fingerprint density at radius 1 is 1.22 bits per heavy atom. The minimum absolute atomic E-state index is 0.0428. The molecular weight excluding hydrogens is 237 g/mol. The monoisotopic (exact) mass is 249 g/mol. The van der Waals surface area contributed by atoms with Gasteiger partial charge in [-0.1, -0.05) is 12.1 Å². The van der Waals surface area contributed by atoms with Gasteiger partial charge in [-0.05, 0) is 17.6 Å². The quantitative estimate of drug-likeness (QED) is 0.653. The van der Waals surface area contributed by atoms with Crippen molar-refractivity contribution >= 4 is 24.1 Å². The number of rotatable bonds is 1. The van der Waals surface area contributed by atoms with Gasteiger partial charge < -0.3 is 18.8 Å². The van der Waals surface area contributed by atoms with Gasteiger partial charge >= 0.3 is 18.6 Å². The minimum atomic E-state index is -2.23. The van der Waals surface area contributed by atoms with Gasteiger partial charge in [-0.25, -0.2) is 0 Å². The number of phenolic OH excluding ortho intramolecular Hbond substituents is 1. The normalized spacial score (nSPS) is 34.1. The van der Waals surface area contributed by atoms with Crippen LogP contribution in [0.25, 0.3) is 0 Å². The SMILES string of the molecule is C[N+]12CC(=O)O[B-]1(c1cccc(O)c1)OC(=O)C2. The third-order valence-corrected chi connectivity index (χ3v) is 3.68. The number of likely N-dealkylation sites (N-methyl/N-ethyl adjacent to an activating group) is 1. The lowest BCUT2D eigenvalue weighted by Gasteiger charge is -2.39. The molecule has 1 N–H and O–H groups in total. The average Bonchev–Trinajstić information content (AvgIpc) is 2.62. The van der Waals surface area contributed by atoms with Gasteiger partial charge in [0, 0.05) is 7.05 Å². The number of fused-ring (bicyclic) bond motifs is 1. The summed E-state index contributed by atoms with van der Waals surface area (Å²) in [5.74, 6) is -0.747. The fraction of sp³-hybridized carbons (Fsp3) is 0.273. The number of quaternary nitrogens is 1. The number of hydrogen-bond acceptors (Lipinski definition) is 5. The molecule has 2 aliphatic rings. The van der Waals surface area contributed by atoms with Crippen molar-refractivity contribution in [2.75, 3.05) is 20.1 Å². The smallest absolute Gasteiger partial charge is 0.596 e. The van der Waals surface area contributed by atoms with Crippen molar-refractivity contribution in [3.8, 4) is 5.75 Å². The van der Waals surface area contributed by atoms with E-state index >= 15 is 0 Å². The highest BCUT2D eigenvalue weighted by molar-refractivity contribution is 6.79. The highest BCUT2D eigenvalue weighted by Crippen LogP contribution is 2.33. The van der Waals surface area contributed by atoms with E-state index in [1.54, 1.807) is 19.2 Å². The molecule has 1 aromatic carbocycles. The highest BCUT2D eigenvalue weighted by Gasteiger charge is 2.66. The van der Waals surface area contributed by atoms with E-state index in [1.807, 2.05) is 0 Å². The molecule has 2 saturated heterocycles. The van der Waals surface area contributed by atoms with Gasteiger partial charge in [0.2, 0.25) is 0 Å². The van der Waals surface area contributed by atoms with Crippen LogP contribution in [0.15, 0.2) is 24.3 Å². The molecule has 2 heterocycles. The predicted molar refractivity (Wildman–Crippen MR) is 61.6 cm³/mol. The summed E-state index contributed by atoms with van der Waals surface area (Å²) < 4.78 is 10.7. The third kappa shape index (κ3) is 1.28. The molecule has 2 fully saturated rings. The second-order valence-corrected chi connectivity index (χ2v) is 5.04. The van der Waals surface area contributed by atoms with Crippen LogP contribution in [0.4, 0.5) is 0 Å². The summed E-state index contributed by atoms with van der Waals surface area (Å²) in [6.45, 7) is -2.03. The zero-order valence-electron chi connectivity index (χ0n) is 9.83. The molecule has 7 heteroatoms. The van der Waals surface area contributed by atoms with Crippen molar-refractivity contribution in [1.82, 2.24) is 0 Å². The Kier molecular flexibility index (Phi) is 2.01. The Bertz CT molecular complexity index is 538.